The Labute approximate surface area is 176 Å². The molecule has 8 nitrogen and oxygen atoms in total. The first-order valence-corrected chi connectivity index (χ1v) is 9.29. The van der Waals surface area contributed by atoms with Gasteiger partial charge in [-0.15, -0.1) is 0 Å². The van der Waals surface area contributed by atoms with Crippen LogP contribution in [0.15, 0.2) is 36.4 Å². The summed E-state index contributed by atoms with van der Waals surface area (Å²) in [5.74, 6) is 2.51. The molecule has 0 saturated carbocycles. The summed E-state index contributed by atoms with van der Waals surface area (Å²) in [6.07, 6.45) is 0. The van der Waals surface area contributed by atoms with Crippen molar-refractivity contribution in [2.75, 3.05) is 39.9 Å². The minimum Gasteiger partial charge on any atom is -0.493 e. The van der Waals surface area contributed by atoms with E-state index in [0.717, 1.165) is 12.2 Å². The largest absolute Gasteiger partial charge is 0.493 e. The molecule has 1 aliphatic rings. The van der Waals surface area contributed by atoms with E-state index in [9.17, 15) is 9.59 Å². The summed E-state index contributed by atoms with van der Waals surface area (Å²) < 4.78 is 25.6. The fraction of sp³-hybridized carbons (Fsp3) is 0.364. The predicted molar refractivity (Wildman–Crippen MR) is 112 cm³/mol. The average molecular weight is 417 g/mol. The summed E-state index contributed by atoms with van der Waals surface area (Å²) >= 11 is 0. The summed E-state index contributed by atoms with van der Waals surface area (Å²) in [5.41, 5.74) is 0.771. The van der Waals surface area contributed by atoms with E-state index in [1.165, 1.54) is 14.0 Å². The number of nitrogens with zero attached hydrogens (tertiary/aromatic N) is 1. The van der Waals surface area contributed by atoms with Crippen LogP contribution in [-0.4, -0.2) is 46.9 Å². The first kappa shape index (κ1) is 22.9. The zero-order chi connectivity index (χ0) is 22.3. The molecule has 2 aromatic carbocycles. The zero-order valence-electron chi connectivity index (χ0n) is 18.1. The maximum absolute atomic E-state index is 11.7. The second kappa shape index (κ2) is 10.4. The number of benzene rings is 2. The van der Waals surface area contributed by atoms with Crippen LogP contribution in [-0.2, 0) is 9.59 Å². The van der Waals surface area contributed by atoms with Crippen molar-refractivity contribution in [3.05, 3.63) is 36.4 Å². The van der Waals surface area contributed by atoms with Gasteiger partial charge in [0.05, 0.1) is 40.0 Å². The molecule has 1 fully saturated rings. The molecule has 1 atom stereocenters. The molecule has 1 saturated heterocycles. The maximum atomic E-state index is 11.7. The zero-order valence-corrected chi connectivity index (χ0v) is 18.1. The Morgan fingerprint density at radius 3 is 1.83 bits per heavy atom. The molecular formula is C22H27NO7. The Morgan fingerprint density at radius 1 is 0.900 bits per heavy atom. The molecular weight excluding hydrogens is 390 g/mol. The number of anilines is 1. The topological polar surface area (TPSA) is 83.5 Å². The van der Waals surface area contributed by atoms with Crippen molar-refractivity contribution < 1.29 is 33.3 Å². The van der Waals surface area contributed by atoms with E-state index in [1.54, 1.807) is 56.6 Å². The lowest BCUT2D eigenvalue weighted by Gasteiger charge is -2.36. The van der Waals surface area contributed by atoms with Crippen molar-refractivity contribution in [2.45, 2.75) is 13.8 Å². The highest BCUT2D eigenvalue weighted by Gasteiger charge is 2.34. The minimum atomic E-state index is -0.348. The molecule has 30 heavy (non-hydrogen) atoms. The van der Waals surface area contributed by atoms with Gasteiger partial charge in [-0.2, -0.15) is 0 Å². The summed E-state index contributed by atoms with van der Waals surface area (Å²) in [7, 11) is 6.20. The minimum absolute atomic E-state index is 0.0871. The second-order valence-electron chi connectivity index (χ2n) is 6.48. The monoisotopic (exact) mass is 417 g/mol. The van der Waals surface area contributed by atoms with Crippen LogP contribution in [0, 0.1) is 5.92 Å². The lowest BCUT2D eigenvalue weighted by Crippen LogP contribution is -2.51. The highest BCUT2D eigenvalue weighted by atomic mass is 16.6. The Morgan fingerprint density at radius 2 is 1.43 bits per heavy atom. The van der Waals surface area contributed by atoms with Crippen molar-refractivity contribution in [2.24, 2.45) is 5.92 Å². The number of hydrogen-bond acceptors (Lipinski definition) is 7. The number of carbonyl (C=O) groups excluding carboxylic acids is 2. The van der Waals surface area contributed by atoms with Gasteiger partial charge in [-0.05, 0) is 12.1 Å². The van der Waals surface area contributed by atoms with Gasteiger partial charge in [0.15, 0.2) is 23.0 Å². The fourth-order valence-corrected chi connectivity index (χ4v) is 2.91. The third kappa shape index (κ3) is 5.14. The van der Waals surface area contributed by atoms with Gasteiger partial charge < -0.3 is 28.6 Å². The highest BCUT2D eigenvalue weighted by Crippen LogP contribution is 2.42. The van der Waals surface area contributed by atoms with E-state index in [4.69, 9.17) is 23.7 Å². The van der Waals surface area contributed by atoms with Gasteiger partial charge in [0, 0.05) is 25.6 Å². The van der Waals surface area contributed by atoms with Gasteiger partial charge in [0.25, 0.3) is 0 Å². The van der Waals surface area contributed by atoms with Crippen molar-refractivity contribution in [3.63, 3.8) is 0 Å². The molecule has 0 aliphatic carbocycles. The van der Waals surface area contributed by atoms with Crippen LogP contribution in [0.3, 0.4) is 0 Å². The molecule has 2 aromatic rings. The Hall–Kier alpha value is -3.42. The summed E-state index contributed by atoms with van der Waals surface area (Å²) in [5, 5.41) is 0. The van der Waals surface area contributed by atoms with E-state index in [0.29, 0.717) is 28.7 Å². The van der Waals surface area contributed by atoms with Gasteiger partial charge in [-0.1, -0.05) is 19.1 Å². The number of carbonyl (C=O) groups is 2. The van der Waals surface area contributed by atoms with Crippen molar-refractivity contribution in [1.29, 1.82) is 0 Å². The van der Waals surface area contributed by atoms with Crippen LogP contribution in [0.4, 0.5) is 5.69 Å². The molecule has 0 N–H and O–H groups in total. The summed E-state index contributed by atoms with van der Waals surface area (Å²) in [4.78, 5) is 24.0. The van der Waals surface area contributed by atoms with Gasteiger partial charge in [0.2, 0.25) is 11.7 Å². The number of esters is 1. The average Bonchev–Trinajstić information content (AvgIpc) is 2.76. The lowest BCUT2D eigenvalue weighted by molar-refractivity contribution is -0.132. The lowest BCUT2D eigenvalue weighted by atomic mass is 10.00. The molecule has 1 unspecified atom stereocenters. The van der Waals surface area contributed by atoms with Gasteiger partial charge in [-0.25, -0.2) is 0 Å². The van der Waals surface area contributed by atoms with Crippen LogP contribution >= 0.6 is 0 Å². The molecule has 3 rings (SSSR count). The number of ether oxygens (including phenoxy) is 5. The van der Waals surface area contributed by atoms with Crippen molar-refractivity contribution in [1.82, 2.24) is 0 Å². The summed E-state index contributed by atoms with van der Waals surface area (Å²) in [6.45, 7) is 3.99. The quantitative estimate of drug-likeness (QED) is 0.405. The van der Waals surface area contributed by atoms with Crippen molar-refractivity contribution >= 4 is 17.6 Å². The number of rotatable bonds is 6. The molecule has 8 heteroatoms. The molecule has 162 valence electrons. The van der Waals surface area contributed by atoms with E-state index in [-0.39, 0.29) is 17.8 Å². The Kier molecular flexibility index (Phi) is 7.91. The molecule has 0 spiro atoms. The standard InChI is InChI=1S/C13H17NO4.C9H10O3/c1-8-7-14(13(8)15)9-5-10(16-2)12(18-4)11(6-9)17-3;1-7(10)12-9-6-4-3-5-8(9)11-2/h5-6,8H,7H2,1-4H3;3-6H,1-2H3. The van der Waals surface area contributed by atoms with Crippen molar-refractivity contribution in [3.8, 4) is 28.7 Å². The van der Waals surface area contributed by atoms with E-state index in [2.05, 4.69) is 0 Å². The number of β-lactam (4-membered cyclic amide) rings is 1. The maximum Gasteiger partial charge on any atom is 0.308 e. The smallest absolute Gasteiger partial charge is 0.308 e. The first-order valence-electron chi connectivity index (χ1n) is 9.29. The molecule has 1 aliphatic heterocycles. The van der Waals surface area contributed by atoms with Crippen LogP contribution in [0.25, 0.3) is 0 Å². The third-order valence-corrected chi connectivity index (χ3v) is 4.43. The Bertz CT molecular complexity index is 872. The number of amides is 1. The second-order valence-corrected chi connectivity index (χ2v) is 6.48. The van der Waals surface area contributed by atoms with E-state index in [1.807, 2.05) is 13.0 Å². The molecule has 1 heterocycles. The normalized spacial score (nSPS) is 14.7. The van der Waals surface area contributed by atoms with Gasteiger partial charge in [-0.3, -0.25) is 9.59 Å². The first-order chi connectivity index (χ1) is 14.4. The molecule has 0 radical (unpaired) electrons. The third-order valence-electron chi connectivity index (χ3n) is 4.43. The van der Waals surface area contributed by atoms with Gasteiger partial charge >= 0.3 is 5.97 Å². The molecule has 1 amide bonds. The van der Waals surface area contributed by atoms with E-state index >= 15 is 0 Å². The summed E-state index contributed by atoms with van der Waals surface area (Å²) in [6, 6.07) is 10.6. The van der Waals surface area contributed by atoms with Crippen LogP contribution in [0.1, 0.15) is 13.8 Å². The SMILES string of the molecule is COc1cc(N2CC(C)C2=O)cc(OC)c1OC.COc1ccccc1OC(C)=O. The fourth-order valence-electron chi connectivity index (χ4n) is 2.91. The van der Waals surface area contributed by atoms with E-state index < -0.39 is 0 Å². The predicted octanol–water partition coefficient (Wildman–Crippen LogP) is 3.32. The molecule has 0 aromatic heterocycles. The number of hydrogen-bond donors (Lipinski definition) is 0. The molecule has 0 bridgehead atoms. The number of methoxy groups -OCH3 is 4. The number of para-hydroxylation sites is 2. The van der Waals surface area contributed by atoms with Crippen LogP contribution < -0.4 is 28.6 Å². The van der Waals surface area contributed by atoms with Crippen LogP contribution in [0.5, 0.6) is 28.7 Å². The van der Waals surface area contributed by atoms with Crippen LogP contribution in [0.2, 0.25) is 0 Å². The highest BCUT2D eigenvalue weighted by molar-refractivity contribution is 6.01. The van der Waals surface area contributed by atoms with Gasteiger partial charge in [0.1, 0.15) is 0 Å². The Balaban J connectivity index is 0.000000232.